The Hall–Kier alpha value is -5.39. The minimum absolute atomic E-state index is 0.00172. The molecule has 0 saturated carbocycles. The van der Waals surface area contributed by atoms with Crippen molar-refractivity contribution < 1.29 is 28.3 Å². The first-order chi connectivity index (χ1) is 24.3. The number of hydrogen-bond acceptors (Lipinski definition) is 8. The van der Waals surface area contributed by atoms with Crippen LogP contribution >= 0.6 is 23.1 Å². The van der Waals surface area contributed by atoms with Gasteiger partial charge in [-0.3, -0.25) is 14.4 Å². The summed E-state index contributed by atoms with van der Waals surface area (Å²) in [4.78, 5) is 54.3. The standard InChI is InChI=1S/C39H35N3O6S2/c1-24(35(43)42-38-34(39(46)47-2)30-15-9-10-16-33(30)50-38)49-29-20-17-27(18-21-29)40-37(45)31(41-36(44)26-13-7-4-8-14-26)23-28-19-22-32(48-28)25-11-5-3-6-12-25/h3-8,11-14,17-24H,9-10,15-16H2,1-2H3,(H,40,45)(H,41,44)(H,42,43). The molecular formula is C39H35N3O6S2. The summed E-state index contributed by atoms with van der Waals surface area (Å²) in [6.07, 6.45) is 5.24. The molecule has 3 aromatic carbocycles. The van der Waals surface area contributed by atoms with Gasteiger partial charge in [-0.1, -0.05) is 48.5 Å². The fraction of sp³-hybridized carbons (Fsp3) is 0.179. The number of methoxy groups -OCH3 is 1. The third-order valence-electron chi connectivity index (χ3n) is 8.09. The van der Waals surface area contributed by atoms with Crippen LogP contribution in [-0.4, -0.2) is 36.1 Å². The van der Waals surface area contributed by atoms with Crippen molar-refractivity contribution in [3.05, 3.63) is 130 Å². The van der Waals surface area contributed by atoms with Crippen LogP contribution in [0.15, 0.2) is 112 Å². The van der Waals surface area contributed by atoms with Gasteiger partial charge in [0.25, 0.3) is 11.8 Å². The molecule has 1 aliphatic rings. The molecule has 11 heteroatoms. The fourth-order valence-electron chi connectivity index (χ4n) is 5.53. The van der Waals surface area contributed by atoms with Gasteiger partial charge in [-0.25, -0.2) is 4.79 Å². The van der Waals surface area contributed by atoms with Gasteiger partial charge in [-0.05, 0) is 86.7 Å². The predicted molar refractivity (Wildman–Crippen MR) is 197 cm³/mol. The molecule has 3 amide bonds. The van der Waals surface area contributed by atoms with Crippen LogP contribution in [0.3, 0.4) is 0 Å². The highest BCUT2D eigenvalue weighted by Crippen LogP contribution is 2.39. The molecule has 2 aromatic heterocycles. The lowest BCUT2D eigenvalue weighted by Crippen LogP contribution is -2.30. The predicted octanol–water partition coefficient (Wildman–Crippen LogP) is 8.20. The highest BCUT2D eigenvalue weighted by molar-refractivity contribution is 8.00. The zero-order valence-corrected chi connectivity index (χ0v) is 29.1. The lowest BCUT2D eigenvalue weighted by Gasteiger charge is -2.14. The van der Waals surface area contributed by atoms with Crippen LogP contribution in [0.25, 0.3) is 17.4 Å². The molecule has 3 N–H and O–H groups in total. The number of amides is 3. The van der Waals surface area contributed by atoms with Crippen LogP contribution < -0.4 is 16.0 Å². The number of carbonyl (C=O) groups excluding carboxylic acids is 4. The first-order valence-electron chi connectivity index (χ1n) is 16.1. The number of thiophene rings is 1. The van der Waals surface area contributed by atoms with Crippen molar-refractivity contribution in [2.75, 3.05) is 17.7 Å². The molecular weight excluding hydrogens is 671 g/mol. The fourth-order valence-corrected chi connectivity index (χ4v) is 7.68. The van der Waals surface area contributed by atoms with Gasteiger partial charge in [-0.15, -0.1) is 23.1 Å². The summed E-state index contributed by atoms with van der Waals surface area (Å²) < 4.78 is 11.0. The van der Waals surface area contributed by atoms with E-state index in [0.717, 1.165) is 46.6 Å². The molecule has 0 bridgehead atoms. The summed E-state index contributed by atoms with van der Waals surface area (Å²) in [5, 5.41) is 8.59. The van der Waals surface area contributed by atoms with Crippen molar-refractivity contribution in [3.8, 4) is 11.3 Å². The number of carbonyl (C=O) groups is 4. The molecule has 0 fully saturated rings. The summed E-state index contributed by atoms with van der Waals surface area (Å²) in [6, 6.07) is 28.8. The van der Waals surface area contributed by atoms with Crippen molar-refractivity contribution in [1.29, 1.82) is 0 Å². The summed E-state index contributed by atoms with van der Waals surface area (Å²) in [6.45, 7) is 1.80. The van der Waals surface area contributed by atoms with E-state index in [1.807, 2.05) is 30.3 Å². The Labute approximate surface area is 298 Å². The SMILES string of the molecule is COC(=O)c1c(NC(=O)C(C)Sc2ccc(NC(=O)C(=Cc3ccc(-c4ccccc4)o3)NC(=O)c3ccccc3)cc2)sc2c1CCCC2. The zero-order chi connectivity index (χ0) is 35.0. The zero-order valence-electron chi connectivity index (χ0n) is 27.5. The lowest BCUT2D eigenvalue weighted by atomic mass is 9.95. The molecule has 1 aliphatic carbocycles. The van der Waals surface area contributed by atoms with E-state index in [2.05, 4.69) is 16.0 Å². The molecule has 6 rings (SSSR count). The van der Waals surface area contributed by atoms with Gasteiger partial charge < -0.3 is 25.1 Å². The smallest absolute Gasteiger partial charge is 0.341 e. The second-order valence-electron chi connectivity index (χ2n) is 11.6. The minimum Gasteiger partial charge on any atom is -0.465 e. The van der Waals surface area contributed by atoms with Crippen molar-refractivity contribution in [2.24, 2.45) is 0 Å². The number of furan rings is 1. The number of hydrogen-bond donors (Lipinski definition) is 3. The van der Waals surface area contributed by atoms with Crippen molar-refractivity contribution in [3.63, 3.8) is 0 Å². The molecule has 1 atom stereocenters. The Morgan fingerprint density at radius 3 is 2.28 bits per heavy atom. The van der Waals surface area contributed by atoms with E-state index in [1.165, 1.54) is 36.3 Å². The highest BCUT2D eigenvalue weighted by Gasteiger charge is 2.28. The van der Waals surface area contributed by atoms with Gasteiger partial charge in [0, 0.05) is 32.7 Å². The molecule has 5 aromatic rings. The first kappa shape index (κ1) is 34.5. The van der Waals surface area contributed by atoms with Gasteiger partial charge in [0.2, 0.25) is 5.91 Å². The Balaban J connectivity index is 1.13. The monoisotopic (exact) mass is 705 g/mol. The van der Waals surface area contributed by atoms with Crippen molar-refractivity contribution >= 4 is 63.6 Å². The van der Waals surface area contributed by atoms with Crippen LogP contribution in [0.4, 0.5) is 10.7 Å². The molecule has 50 heavy (non-hydrogen) atoms. The van der Waals surface area contributed by atoms with Crippen LogP contribution in [-0.2, 0) is 27.2 Å². The van der Waals surface area contributed by atoms with Crippen LogP contribution in [0.1, 0.15) is 56.7 Å². The Bertz CT molecular complexity index is 2030. The largest absolute Gasteiger partial charge is 0.465 e. The number of nitrogens with one attached hydrogen (secondary N) is 3. The summed E-state index contributed by atoms with van der Waals surface area (Å²) in [5.41, 5.74) is 3.23. The number of esters is 1. The minimum atomic E-state index is -0.542. The maximum Gasteiger partial charge on any atom is 0.341 e. The Morgan fingerprint density at radius 1 is 0.860 bits per heavy atom. The number of ether oxygens (including phenoxy) is 1. The summed E-state index contributed by atoms with van der Waals surface area (Å²) in [7, 11) is 1.35. The van der Waals surface area contributed by atoms with Crippen molar-refractivity contribution in [2.45, 2.75) is 42.8 Å². The van der Waals surface area contributed by atoms with Crippen molar-refractivity contribution in [1.82, 2.24) is 5.32 Å². The highest BCUT2D eigenvalue weighted by atomic mass is 32.2. The van der Waals surface area contributed by atoms with Gasteiger partial charge in [0.1, 0.15) is 22.2 Å². The van der Waals surface area contributed by atoms with Gasteiger partial charge in [-0.2, -0.15) is 0 Å². The van der Waals surface area contributed by atoms with Crippen LogP contribution in [0.2, 0.25) is 0 Å². The maximum atomic E-state index is 13.5. The van der Waals surface area contributed by atoms with Crippen LogP contribution in [0, 0.1) is 0 Å². The number of benzene rings is 3. The second-order valence-corrected chi connectivity index (χ2v) is 14.1. The third-order valence-corrected chi connectivity index (χ3v) is 10.4. The topological polar surface area (TPSA) is 127 Å². The summed E-state index contributed by atoms with van der Waals surface area (Å²) in [5.74, 6) is -0.629. The molecule has 0 spiro atoms. The van der Waals surface area contributed by atoms with E-state index in [9.17, 15) is 19.2 Å². The molecule has 0 radical (unpaired) electrons. The van der Waals surface area contributed by atoms with Gasteiger partial charge in [0.05, 0.1) is 17.9 Å². The van der Waals surface area contributed by atoms with Gasteiger partial charge >= 0.3 is 5.97 Å². The number of anilines is 2. The second kappa shape index (κ2) is 15.9. The first-order valence-corrected chi connectivity index (χ1v) is 17.8. The van der Waals surface area contributed by atoms with Gasteiger partial charge in [0.15, 0.2) is 0 Å². The molecule has 1 unspecified atom stereocenters. The molecule has 0 aliphatic heterocycles. The normalized spacial score (nSPS) is 13.1. The third kappa shape index (κ3) is 8.24. The Morgan fingerprint density at radius 2 is 1.56 bits per heavy atom. The quantitative estimate of drug-likeness (QED) is 0.0719. The molecule has 0 saturated heterocycles. The van der Waals surface area contributed by atoms with E-state index >= 15 is 0 Å². The molecule has 9 nitrogen and oxygen atoms in total. The van der Waals surface area contributed by atoms with Crippen LogP contribution in [0.5, 0.6) is 0 Å². The van der Waals surface area contributed by atoms with E-state index < -0.39 is 23.0 Å². The maximum absolute atomic E-state index is 13.5. The molecule has 254 valence electrons. The van der Waals surface area contributed by atoms with E-state index in [-0.39, 0.29) is 11.6 Å². The number of rotatable bonds is 11. The number of aryl methyl sites for hydroxylation is 1. The summed E-state index contributed by atoms with van der Waals surface area (Å²) >= 11 is 2.80. The molecule has 2 heterocycles. The van der Waals surface area contributed by atoms with E-state index in [4.69, 9.17) is 9.15 Å². The number of thioether (sulfide) groups is 1. The van der Waals surface area contributed by atoms with E-state index in [1.54, 1.807) is 73.7 Å². The Kier molecular flexibility index (Phi) is 10.9. The average Bonchev–Trinajstić information content (AvgIpc) is 3.77. The average molecular weight is 706 g/mol. The number of fused-ring (bicyclic) bond motifs is 1. The van der Waals surface area contributed by atoms with E-state index in [0.29, 0.717) is 33.3 Å². The lowest BCUT2D eigenvalue weighted by molar-refractivity contribution is -0.115.